The van der Waals surface area contributed by atoms with Gasteiger partial charge in [0.05, 0.1) is 0 Å². The molecule has 0 spiro atoms. The predicted octanol–water partition coefficient (Wildman–Crippen LogP) is 2.69. The third-order valence-corrected chi connectivity index (χ3v) is 3.22. The van der Waals surface area contributed by atoms with Crippen LogP contribution in [0.1, 0.15) is 25.3 Å². The van der Waals surface area contributed by atoms with E-state index in [9.17, 15) is 0 Å². The monoisotopic (exact) mass is 271 g/mol. The highest BCUT2D eigenvalue weighted by molar-refractivity contribution is 9.10. The normalized spacial score (nSPS) is 12.5. The van der Waals surface area contributed by atoms with E-state index in [1.807, 2.05) is 12.3 Å². The Hall–Kier alpha value is -0.610. The molecule has 1 aromatic heterocycles. The first-order chi connectivity index (χ1) is 7.13. The van der Waals surface area contributed by atoms with E-state index >= 15 is 0 Å². The van der Waals surface area contributed by atoms with Gasteiger partial charge in [0, 0.05) is 23.3 Å². The van der Waals surface area contributed by atoms with Crippen LogP contribution in [0.4, 0.5) is 5.82 Å². The van der Waals surface area contributed by atoms with E-state index in [2.05, 4.69) is 40.1 Å². The van der Waals surface area contributed by atoms with Crippen LogP contribution in [0.2, 0.25) is 0 Å². The van der Waals surface area contributed by atoms with Crippen LogP contribution in [0.15, 0.2) is 16.7 Å². The lowest BCUT2D eigenvalue weighted by atomic mass is 10.2. The Morgan fingerprint density at radius 2 is 2.33 bits per heavy atom. The number of hydrogen-bond acceptors (Lipinski definition) is 3. The van der Waals surface area contributed by atoms with Crippen LogP contribution in [0.25, 0.3) is 0 Å². The second-order valence-electron chi connectivity index (χ2n) is 3.70. The number of halogens is 1. The van der Waals surface area contributed by atoms with Crippen molar-refractivity contribution in [2.45, 2.75) is 32.7 Å². The van der Waals surface area contributed by atoms with Crippen LogP contribution in [-0.2, 0) is 0 Å². The summed E-state index contributed by atoms with van der Waals surface area (Å²) in [6.45, 7) is 5.03. The molecule has 0 saturated heterocycles. The molecule has 4 heteroatoms. The molecule has 0 bridgehead atoms. The number of nitrogens with two attached hydrogens (primary N) is 1. The molecule has 1 rings (SSSR count). The summed E-state index contributed by atoms with van der Waals surface area (Å²) in [7, 11) is 0. The summed E-state index contributed by atoms with van der Waals surface area (Å²) in [6, 6.07) is 2.32. The number of hydrogen-bond donors (Lipinski definition) is 2. The van der Waals surface area contributed by atoms with Gasteiger partial charge in [0.2, 0.25) is 0 Å². The van der Waals surface area contributed by atoms with Gasteiger partial charge in [0.1, 0.15) is 5.82 Å². The summed E-state index contributed by atoms with van der Waals surface area (Å²) >= 11 is 3.42. The molecule has 0 aliphatic rings. The molecule has 1 unspecified atom stereocenters. The number of pyridine rings is 1. The Morgan fingerprint density at radius 3 is 2.93 bits per heavy atom. The van der Waals surface area contributed by atoms with E-state index < -0.39 is 0 Å². The zero-order chi connectivity index (χ0) is 11.3. The SMILES string of the molecule is CCC(N)CCNc1cc(C)c(Br)cn1. The molecule has 0 fully saturated rings. The number of aryl methyl sites for hydroxylation is 1. The largest absolute Gasteiger partial charge is 0.370 e. The van der Waals surface area contributed by atoms with Gasteiger partial charge in [-0.3, -0.25) is 0 Å². The summed E-state index contributed by atoms with van der Waals surface area (Å²) in [6.07, 6.45) is 3.82. The van der Waals surface area contributed by atoms with Gasteiger partial charge in [-0.2, -0.15) is 0 Å². The summed E-state index contributed by atoms with van der Waals surface area (Å²) < 4.78 is 1.04. The predicted molar refractivity (Wildman–Crippen MR) is 68.0 cm³/mol. The van der Waals surface area contributed by atoms with E-state index in [4.69, 9.17) is 5.73 Å². The van der Waals surface area contributed by atoms with Gasteiger partial charge in [0.25, 0.3) is 0 Å². The first kappa shape index (κ1) is 12.5. The van der Waals surface area contributed by atoms with Gasteiger partial charge in [-0.25, -0.2) is 4.98 Å². The van der Waals surface area contributed by atoms with Gasteiger partial charge in [-0.1, -0.05) is 6.92 Å². The van der Waals surface area contributed by atoms with E-state index in [1.165, 1.54) is 5.56 Å². The van der Waals surface area contributed by atoms with Crippen molar-refractivity contribution in [2.75, 3.05) is 11.9 Å². The number of nitrogens with one attached hydrogen (secondary N) is 1. The molecule has 84 valence electrons. The van der Waals surface area contributed by atoms with Crippen LogP contribution >= 0.6 is 15.9 Å². The Bertz CT molecular complexity index is 315. The fourth-order valence-corrected chi connectivity index (χ4v) is 1.44. The molecule has 1 atom stereocenters. The molecule has 0 saturated carbocycles. The molecule has 3 N–H and O–H groups in total. The third kappa shape index (κ3) is 4.18. The molecule has 1 aromatic rings. The molecular weight excluding hydrogens is 254 g/mol. The van der Waals surface area contributed by atoms with E-state index in [0.717, 1.165) is 29.7 Å². The highest BCUT2D eigenvalue weighted by atomic mass is 79.9. The Morgan fingerprint density at radius 1 is 1.60 bits per heavy atom. The maximum Gasteiger partial charge on any atom is 0.126 e. The minimum Gasteiger partial charge on any atom is -0.370 e. The fraction of sp³-hybridized carbons (Fsp3) is 0.545. The lowest BCUT2D eigenvalue weighted by molar-refractivity contribution is 0.613. The highest BCUT2D eigenvalue weighted by Gasteiger charge is 2.00. The van der Waals surface area contributed by atoms with Crippen LogP contribution in [0.5, 0.6) is 0 Å². The molecule has 0 aliphatic heterocycles. The van der Waals surface area contributed by atoms with Gasteiger partial charge in [-0.15, -0.1) is 0 Å². The number of anilines is 1. The number of aromatic nitrogens is 1. The van der Waals surface area contributed by atoms with Crippen LogP contribution < -0.4 is 11.1 Å². The Labute approximate surface area is 99.6 Å². The van der Waals surface area contributed by atoms with Crippen molar-refractivity contribution in [1.29, 1.82) is 0 Å². The van der Waals surface area contributed by atoms with Crippen molar-refractivity contribution < 1.29 is 0 Å². The lowest BCUT2D eigenvalue weighted by Crippen LogP contribution is -2.22. The average Bonchev–Trinajstić information content (AvgIpc) is 2.23. The van der Waals surface area contributed by atoms with Gasteiger partial charge in [-0.05, 0) is 47.3 Å². The summed E-state index contributed by atoms with van der Waals surface area (Å²) in [4.78, 5) is 4.26. The quantitative estimate of drug-likeness (QED) is 0.866. The Balaban J connectivity index is 2.41. The fourth-order valence-electron chi connectivity index (χ4n) is 1.23. The van der Waals surface area contributed by atoms with Gasteiger partial charge >= 0.3 is 0 Å². The van der Waals surface area contributed by atoms with Crippen molar-refractivity contribution in [3.05, 3.63) is 22.3 Å². The first-order valence-corrected chi connectivity index (χ1v) is 6.04. The van der Waals surface area contributed by atoms with Gasteiger partial charge in [0.15, 0.2) is 0 Å². The smallest absolute Gasteiger partial charge is 0.126 e. The molecule has 15 heavy (non-hydrogen) atoms. The zero-order valence-electron chi connectivity index (χ0n) is 9.26. The standard InChI is InChI=1S/C11H18BrN3/c1-3-9(13)4-5-14-11-6-8(2)10(12)7-15-11/h6-7,9H,3-5,13H2,1-2H3,(H,14,15). The van der Waals surface area contributed by atoms with Crippen molar-refractivity contribution in [2.24, 2.45) is 5.73 Å². The summed E-state index contributed by atoms with van der Waals surface area (Å²) in [5.41, 5.74) is 7.01. The Kier molecular flexibility index (Phi) is 5.05. The first-order valence-electron chi connectivity index (χ1n) is 5.25. The van der Waals surface area contributed by atoms with Crippen molar-refractivity contribution in [3.8, 4) is 0 Å². The van der Waals surface area contributed by atoms with E-state index in [0.29, 0.717) is 0 Å². The average molecular weight is 272 g/mol. The molecule has 0 aliphatic carbocycles. The minimum absolute atomic E-state index is 0.286. The van der Waals surface area contributed by atoms with Crippen LogP contribution in [0, 0.1) is 6.92 Å². The van der Waals surface area contributed by atoms with Crippen LogP contribution in [-0.4, -0.2) is 17.6 Å². The van der Waals surface area contributed by atoms with E-state index in [-0.39, 0.29) is 6.04 Å². The van der Waals surface area contributed by atoms with Crippen molar-refractivity contribution in [1.82, 2.24) is 4.98 Å². The molecular formula is C11H18BrN3. The molecule has 0 amide bonds. The zero-order valence-corrected chi connectivity index (χ0v) is 10.8. The molecule has 0 aromatic carbocycles. The second-order valence-corrected chi connectivity index (χ2v) is 4.56. The highest BCUT2D eigenvalue weighted by Crippen LogP contribution is 2.17. The molecule has 1 heterocycles. The topological polar surface area (TPSA) is 50.9 Å². The number of nitrogens with zero attached hydrogens (tertiary/aromatic N) is 1. The third-order valence-electron chi connectivity index (χ3n) is 2.39. The maximum atomic E-state index is 5.82. The van der Waals surface area contributed by atoms with Gasteiger partial charge < -0.3 is 11.1 Å². The molecule has 0 radical (unpaired) electrons. The molecule has 3 nitrogen and oxygen atoms in total. The second kappa shape index (κ2) is 6.08. The lowest BCUT2D eigenvalue weighted by Gasteiger charge is -2.10. The van der Waals surface area contributed by atoms with Crippen molar-refractivity contribution in [3.63, 3.8) is 0 Å². The summed E-state index contributed by atoms with van der Waals surface area (Å²) in [5, 5.41) is 3.27. The van der Waals surface area contributed by atoms with E-state index in [1.54, 1.807) is 0 Å². The summed E-state index contributed by atoms with van der Waals surface area (Å²) in [5.74, 6) is 0.916. The maximum absolute atomic E-state index is 5.82. The van der Waals surface area contributed by atoms with Crippen molar-refractivity contribution >= 4 is 21.7 Å². The number of rotatable bonds is 5. The minimum atomic E-state index is 0.286. The van der Waals surface area contributed by atoms with Crippen LogP contribution in [0.3, 0.4) is 0 Å².